The molecule has 2 rings (SSSR count). The first-order valence-corrected chi connectivity index (χ1v) is 6.41. The molecule has 1 aromatic carbocycles. The molecule has 19 heavy (non-hydrogen) atoms. The van der Waals surface area contributed by atoms with Crippen LogP contribution in [0.5, 0.6) is 11.5 Å². The first-order valence-electron chi connectivity index (χ1n) is 5.60. The first kappa shape index (κ1) is 13.4. The van der Waals surface area contributed by atoms with Gasteiger partial charge >= 0.3 is 0 Å². The van der Waals surface area contributed by atoms with Gasteiger partial charge in [-0.25, -0.2) is 5.84 Å². The highest BCUT2D eigenvalue weighted by molar-refractivity contribution is 7.14. The van der Waals surface area contributed by atoms with Crippen molar-refractivity contribution in [1.82, 2.24) is 5.43 Å². The molecule has 0 saturated carbocycles. The molecule has 3 N–H and O–H groups in total. The molecule has 6 heteroatoms. The Kier molecular flexibility index (Phi) is 4.38. The van der Waals surface area contributed by atoms with E-state index in [-0.39, 0.29) is 5.91 Å². The number of methoxy groups -OCH3 is 1. The van der Waals surface area contributed by atoms with Crippen LogP contribution in [0, 0.1) is 0 Å². The highest BCUT2D eigenvalue weighted by Crippen LogP contribution is 2.27. The van der Waals surface area contributed by atoms with E-state index in [0.29, 0.717) is 23.0 Å². The van der Waals surface area contributed by atoms with Crippen LogP contribution >= 0.6 is 11.3 Å². The summed E-state index contributed by atoms with van der Waals surface area (Å²) in [5, 5.41) is 0. The lowest BCUT2D eigenvalue weighted by Crippen LogP contribution is -2.29. The standard InChI is InChI=1S/C13H14N2O3S/c1-17-10-4-2-3-5-11(10)18-8-9-6-7-12(19-9)13(16)15-14/h2-7H,8,14H2,1H3,(H,15,16). The number of benzene rings is 1. The summed E-state index contributed by atoms with van der Waals surface area (Å²) in [4.78, 5) is 12.8. The summed E-state index contributed by atoms with van der Waals surface area (Å²) in [6.45, 7) is 0.378. The highest BCUT2D eigenvalue weighted by Gasteiger charge is 2.09. The number of rotatable bonds is 5. The molecule has 0 aliphatic heterocycles. The van der Waals surface area contributed by atoms with Crippen LogP contribution < -0.4 is 20.7 Å². The number of nitrogens with one attached hydrogen (secondary N) is 1. The second kappa shape index (κ2) is 6.21. The van der Waals surface area contributed by atoms with Crippen LogP contribution in [0.2, 0.25) is 0 Å². The maximum absolute atomic E-state index is 11.3. The molecule has 0 fully saturated rings. The lowest BCUT2D eigenvalue weighted by Gasteiger charge is -2.08. The molecule has 1 amide bonds. The number of hydrazine groups is 1. The summed E-state index contributed by atoms with van der Waals surface area (Å²) in [5.74, 6) is 6.13. The topological polar surface area (TPSA) is 73.6 Å². The second-order valence-electron chi connectivity index (χ2n) is 3.68. The fourth-order valence-electron chi connectivity index (χ4n) is 1.54. The molecule has 0 atom stereocenters. The fraction of sp³-hybridized carbons (Fsp3) is 0.154. The molecule has 100 valence electrons. The first-order chi connectivity index (χ1) is 9.24. The third kappa shape index (κ3) is 3.24. The molecule has 0 aliphatic rings. The van der Waals surface area contributed by atoms with Crippen LogP contribution in [-0.4, -0.2) is 13.0 Å². The minimum atomic E-state index is -0.298. The third-order valence-corrected chi connectivity index (χ3v) is 3.51. The Morgan fingerprint density at radius 2 is 2.00 bits per heavy atom. The Bertz CT molecular complexity index is 569. The predicted octanol–water partition coefficient (Wildman–Crippen LogP) is 1.94. The third-order valence-electron chi connectivity index (χ3n) is 2.46. The SMILES string of the molecule is COc1ccccc1OCc1ccc(C(=O)NN)s1. The van der Waals surface area contributed by atoms with Gasteiger partial charge in [-0.2, -0.15) is 0 Å². The van der Waals surface area contributed by atoms with Crippen molar-refractivity contribution in [1.29, 1.82) is 0 Å². The molecule has 0 radical (unpaired) electrons. The van der Waals surface area contributed by atoms with Gasteiger partial charge in [-0.05, 0) is 24.3 Å². The van der Waals surface area contributed by atoms with Crippen LogP contribution in [0.1, 0.15) is 14.5 Å². The Morgan fingerprint density at radius 1 is 1.26 bits per heavy atom. The minimum absolute atomic E-state index is 0.298. The number of hydrogen-bond acceptors (Lipinski definition) is 5. The van der Waals surface area contributed by atoms with E-state index in [4.69, 9.17) is 15.3 Å². The number of carbonyl (C=O) groups excluding carboxylic acids is 1. The predicted molar refractivity (Wildman–Crippen MR) is 73.3 cm³/mol. The number of amides is 1. The number of nitrogens with two attached hydrogens (primary N) is 1. The quantitative estimate of drug-likeness (QED) is 0.498. The number of thiophene rings is 1. The molecular weight excluding hydrogens is 264 g/mol. The van der Waals surface area contributed by atoms with Crippen molar-refractivity contribution < 1.29 is 14.3 Å². The largest absolute Gasteiger partial charge is 0.493 e. The highest BCUT2D eigenvalue weighted by atomic mass is 32.1. The average molecular weight is 278 g/mol. The monoisotopic (exact) mass is 278 g/mol. The Hall–Kier alpha value is -2.05. The molecular formula is C13H14N2O3S. The maximum atomic E-state index is 11.3. The van der Waals surface area contributed by atoms with Crippen molar-refractivity contribution in [3.8, 4) is 11.5 Å². The Labute approximate surface area is 114 Å². The zero-order valence-electron chi connectivity index (χ0n) is 10.4. The Morgan fingerprint density at radius 3 is 2.68 bits per heavy atom. The lowest BCUT2D eigenvalue weighted by molar-refractivity contribution is 0.0957. The van der Waals surface area contributed by atoms with E-state index in [1.807, 2.05) is 30.3 Å². The van der Waals surface area contributed by atoms with Crippen molar-refractivity contribution in [2.45, 2.75) is 6.61 Å². The minimum Gasteiger partial charge on any atom is -0.493 e. The molecule has 0 saturated heterocycles. The van der Waals surface area contributed by atoms with Crippen LogP contribution in [-0.2, 0) is 6.61 Å². The summed E-state index contributed by atoms with van der Waals surface area (Å²) < 4.78 is 10.9. The molecule has 1 aromatic heterocycles. The van der Waals surface area contributed by atoms with Gasteiger partial charge in [0.1, 0.15) is 6.61 Å². The van der Waals surface area contributed by atoms with E-state index in [2.05, 4.69) is 5.43 Å². The van der Waals surface area contributed by atoms with Crippen molar-refractivity contribution >= 4 is 17.2 Å². The summed E-state index contributed by atoms with van der Waals surface area (Å²) in [6.07, 6.45) is 0. The van der Waals surface area contributed by atoms with Crippen molar-refractivity contribution in [3.63, 3.8) is 0 Å². The molecule has 5 nitrogen and oxygen atoms in total. The van der Waals surface area contributed by atoms with Crippen molar-refractivity contribution in [3.05, 3.63) is 46.2 Å². The number of para-hydroxylation sites is 2. The lowest BCUT2D eigenvalue weighted by atomic mass is 10.3. The van der Waals surface area contributed by atoms with Gasteiger partial charge in [-0.3, -0.25) is 10.2 Å². The summed E-state index contributed by atoms with van der Waals surface area (Å²) in [6, 6.07) is 11.0. The van der Waals surface area contributed by atoms with Gasteiger partial charge in [0.15, 0.2) is 11.5 Å². The summed E-state index contributed by atoms with van der Waals surface area (Å²) in [5.41, 5.74) is 2.10. The van der Waals surface area contributed by atoms with E-state index in [1.54, 1.807) is 13.2 Å². The number of ether oxygens (including phenoxy) is 2. The van der Waals surface area contributed by atoms with Crippen LogP contribution in [0.4, 0.5) is 0 Å². The molecule has 2 aromatic rings. The van der Waals surface area contributed by atoms with Gasteiger partial charge in [0, 0.05) is 4.88 Å². The maximum Gasteiger partial charge on any atom is 0.275 e. The van der Waals surface area contributed by atoms with Crippen molar-refractivity contribution in [2.75, 3.05) is 7.11 Å². The van der Waals surface area contributed by atoms with Gasteiger partial charge in [-0.1, -0.05) is 12.1 Å². The summed E-state index contributed by atoms with van der Waals surface area (Å²) in [7, 11) is 1.59. The van der Waals surface area contributed by atoms with Crippen LogP contribution in [0.25, 0.3) is 0 Å². The van der Waals surface area contributed by atoms with Gasteiger partial charge < -0.3 is 9.47 Å². The zero-order chi connectivity index (χ0) is 13.7. The molecule has 0 bridgehead atoms. The second-order valence-corrected chi connectivity index (χ2v) is 4.85. The van der Waals surface area contributed by atoms with Gasteiger partial charge in [0.2, 0.25) is 0 Å². The normalized spacial score (nSPS) is 10.0. The van der Waals surface area contributed by atoms with E-state index in [0.717, 1.165) is 4.88 Å². The Balaban J connectivity index is 2.02. The van der Waals surface area contributed by atoms with E-state index >= 15 is 0 Å². The molecule has 0 spiro atoms. The van der Waals surface area contributed by atoms with Crippen LogP contribution in [0.15, 0.2) is 36.4 Å². The number of carbonyl (C=O) groups is 1. The average Bonchev–Trinajstić information content (AvgIpc) is 2.93. The number of nitrogen functional groups attached to an aromatic ring is 1. The summed E-state index contributed by atoms with van der Waals surface area (Å²) >= 11 is 1.34. The van der Waals surface area contributed by atoms with Gasteiger partial charge in [0.05, 0.1) is 12.0 Å². The van der Waals surface area contributed by atoms with Gasteiger partial charge in [-0.15, -0.1) is 11.3 Å². The van der Waals surface area contributed by atoms with Crippen molar-refractivity contribution in [2.24, 2.45) is 5.84 Å². The van der Waals surface area contributed by atoms with Crippen LogP contribution in [0.3, 0.4) is 0 Å². The molecule has 0 unspecified atom stereocenters. The van der Waals surface area contributed by atoms with Gasteiger partial charge in [0.25, 0.3) is 5.91 Å². The molecule has 1 heterocycles. The van der Waals surface area contributed by atoms with E-state index in [1.165, 1.54) is 11.3 Å². The zero-order valence-corrected chi connectivity index (χ0v) is 11.2. The fourth-order valence-corrected chi connectivity index (χ4v) is 2.36. The van der Waals surface area contributed by atoms with E-state index in [9.17, 15) is 4.79 Å². The number of hydrogen-bond donors (Lipinski definition) is 2. The molecule has 0 aliphatic carbocycles. The van der Waals surface area contributed by atoms with E-state index < -0.39 is 0 Å². The smallest absolute Gasteiger partial charge is 0.275 e.